The maximum Gasteiger partial charge on any atom is 0.135 e. The highest BCUT2D eigenvalue weighted by Crippen LogP contribution is 2.26. The molecular weight excluding hydrogens is 198 g/mol. The van der Waals surface area contributed by atoms with Crippen LogP contribution in [-0.4, -0.2) is 9.78 Å². The van der Waals surface area contributed by atoms with Crippen molar-refractivity contribution in [3.8, 4) is 0 Å². The van der Waals surface area contributed by atoms with Crippen LogP contribution < -0.4 is 5.73 Å². The van der Waals surface area contributed by atoms with Crippen LogP contribution in [0.5, 0.6) is 0 Å². The lowest BCUT2D eigenvalue weighted by atomic mass is 10.1. The molecule has 0 radical (unpaired) electrons. The summed E-state index contributed by atoms with van der Waals surface area (Å²) in [6.07, 6.45) is 0. The second-order valence-electron chi connectivity index (χ2n) is 3.12. The van der Waals surface area contributed by atoms with Crippen LogP contribution in [0.25, 0.3) is 10.9 Å². The second-order valence-corrected chi connectivity index (χ2v) is 3.48. The third-order valence-electron chi connectivity index (χ3n) is 2.31. The Balaban J connectivity index is 2.79. The molecule has 2 aromatic rings. The number of aryl methyl sites for hydroxylation is 1. The fraction of sp³-hybridized carbons (Fsp3) is 0.300. The van der Waals surface area contributed by atoms with Crippen LogP contribution in [0, 0.1) is 0 Å². The highest BCUT2D eigenvalue weighted by molar-refractivity contribution is 6.34. The maximum absolute atomic E-state index is 6.19. The van der Waals surface area contributed by atoms with E-state index in [1.54, 1.807) is 4.68 Å². The quantitative estimate of drug-likeness (QED) is 0.824. The van der Waals surface area contributed by atoms with E-state index in [1.165, 1.54) is 0 Å². The van der Waals surface area contributed by atoms with Crippen molar-refractivity contribution in [2.45, 2.75) is 20.0 Å². The minimum absolute atomic E-state index is 0.493. The number of halogens is 1. The van der Waals surface area contributed by atoms with Gasteiger partial charge in [-0.15, -0.1) is 0 Å². The van der Waals surface area contributed by atoms with Crippen molar-refractivity contribution in [3.05, 3.63) is 28.9 Å². The van der Waals surface area contributed by atoms with E-state index in [-0.39, 0.29) is 0 Å². The highest BCUT2D eigenvalue weighted by Gasteiger charge is 2.10. The first-order chi connectivity index (χ1) is 6.77. The lowest BCUT2D eigenvalue weighted by Crippen LogP contribution is -1.97. The van der Waals surface area contributed by atoms with Crippen molar-refractivity contribution in [3.63, 3.8) is 0 Å². The van der Waals surface area contributed by atoms with Gasteiger partial charge in [0.05, 0.1) is 5.52 Å². The molecule has 1 heterocycles. The third kappa shape index (κ3) is 1.29. The SMILES string of the molecule is CCn1nc2cccc(CN)c2c1Cl. The summed E-state index contributed by atoms with van der Waals surface area (Å²) in [6.45, 7) is 3.28. The summed E-state index contributed by atoms with van der Waals surface area (Å²) >= 11 is 6.19. The molecule has 0 bridgehead atoms. The molecule has 1 aromatic carbocycles. The Bertz CT molecular complexity index is 462. The van der Waals surface area contributed by atoms with Gasteiger partial charge in [-0.25, -0.2) is 0 Å². The summed E-state index contributed by atoms with van der Waals surface area (Å²) in [4.78, 5) is 0. The van der Waals surface area contributed by atoms with Crippen LogP contribution in [0.4, 0.5) is 0 Å². The zero-order valence-electron chi connectivity index (χ0n) is 8.00. The molecule has 0 atom stereocenters. The first-order valence-electron chi connectivity index (χ1n) is 4.62. The third-order valence-corrected chi connectivity index (χ3v) is 2.69. The van der Waals surface area contributed by atoms with Gasteiger partial charge in [-0.1, -0.05) is 23.7 Å². The van der Waals surface area contributed by atoms with Crippen LogP contribution in [0.15, 0.2) is 18.2 Å². The fourth-order valence-corrected chi connectivity index (χ4v) is 1.97. The number of aromatic nitrogens is 2. The molecule has 0 saturated carbocycles. The molecule has 74 valence electrons. The summed E-state index contributed by atoms with van der Waals surface area (Å²) in [5, 5.41) is 6.04. The van der Waals surface area contributed by atoms with Crippen molar-refractivity contribution in [1.82, 2.24) is 9.78 Å². The van der Waals surface area contributed by atoms with Gasteiger partial charge in [0.2, 0.25) is 0 Å². The van der Waals surface area contributed by atoms with Gasteiger partial charge in [-0.3, -0.25) is 4.68 Å². The van der Waals surface area contributed by atoms with Gasteiger partial charge in [0.1, 0.15) is 5.15 Å². The number of rotatable bonds is 2. The van der Waals surface area contributed by atoms with Gasteiger partial charge >= 0.3 is 0 Å². The van der Waals surface area contributed by atoms with E-state index in [1.807, 2.05) is 25.1 Å². The maximum atomic E-state index is 6.19. The van der Waals surface area contributed by atoms with E-state index in [2.05, 4.69) is 5.10 Å². The van der Waals surface area contributed by atoms with Crippen LogP contribution in [0.2, 0.25) is 5.15 Å². The molecule has 2 rings (SSSR count). The topological polar surface area (TPSA) is 43.8 Å². The van der Waals surface area contributed by atoms with Gasteiger partial charge < -0.3 is 5.73 Å². The number of hydrogen-bond donors (Lipinski definition) is 1. The van der Waals surface area contributed by atoms with Gasteiger partial charge in [0.25, 0.3) is 0 Å². The molecular formula is C10H12ClN3. The van der Waals surface area contributed by atoms with E-state index in [4.69, 9.17) is 17.3 Å². The summed E-state index contributed by atoms with van der Waals surface area (Å²) in [5.41, 5.74) is 7.60. The minimum atomic E-state index is 0.493. The fourth-order valence-electron chi connectivity index (χ4n) is 1.59. The summed E-state index contributed by atoms with van der Waals surface area (Å²) in [5.74, 6) is 0. The van der Waals surface area contributed by atoms with E-state index < -0.39 is 0 Å². The van der Waals surface area contributed by atoms with E-state index in [0.717, 1.165) is 23.0 Å². The lowest BCUT2D eigenvalue weighted by Gasteiger charge is -1.98. The Labute approximate surface area is 87.5 Å². The Morgan fingerprint density at radius 1 is 1.50 bits per heavy atom. The average Bonchev–Trinajstić information content (AvgIpc) is 2.55. The highest BCUT2D eigenvalue weighted by atomic mass is 35.5. The second kappa shape index (κ2) is 3.59. The predicted molar refractivity (Wildman–Crippen MR) is 58.3 cm³/mol. The standard InChI is InChI=1S/C10H12ClN3/c1-2-14-10(11)9-7(6-12)4-3-5-8(9)13-14/h3-5H,2,6,12H2,1H3. The van der Waals surface area contributed by atoms with Crippen molar-refractivity contribution in [2.75, 3.05) is 0 Å². The molecule has 0 unspecified atom stereocenters. The minimum Gasteiger partial charge on any atom is -0.326 e. The molecule has 0 spiro atoms. The Morgan fingerprint density at radius 3 is 2.93 bits per heavy atom. The molecule has 4 heteroatoms. The zero-order chi connectivity index (χ0) is 10.1. The number of nitrogens with two attached hydrogens (primary N) is 1. The molecule has 2 N–H and O–H groups in total. The summed E-state index contributed by atoms with van der Waals surface area (Å²) < 4.78 is 1.78. The first kappa shape index (κ1) is 9.49. The molecule has 0 amide bonds. The van der Waals surface area contributed by atoms with E-state index >= 15 is 0 Å². The normalized spacial score (nSPS) is 11.1. The molecule has 3 nitrogen and oxygen atoms in total. The number of benzene rings is 1. The van der Waals surface area contributed by atoms with Gasteiger partial charge in [0.15, 0.2) is 0 Å². The predicted octanol–water partition coefficient (Wildman–Crippen LogP) is 2.17. The van der Waals surface area contributed by atoms with E-state index in [9.17, 15) is 0 Å². The molecule has 0 aliphatic carbocycles. The van der Waals surface area contributed by atoms with Crippen molar-refractivity contribution >= 4 is 22.5 Å². The molecule has 0 saturated heterocycles. The summed E-state index contributed by atoms with van der Waals surface area (Å²) in [7, 11) is 0. The van der Waals surface area contributed by atoms with Crippen LogP contribution in [0.1, 0.15) is 12.5 Å². The number of hydrogen-bond acceptors (Lipinski definition) is 2. The largest absolute Gasteiger partial charge is 0.326 e. The molecule has 14 heavy (non-hydrogen) atoms. The van der Waals surface area contributed by atoms with Gasteiger partial charge in [0, 0.05) is 18.5 Å². The number of fused-ring (bicyclic) bond motifs is 1. The van der Waals surface area contributed by atoms with Gasteiger partial charge in [-0.05, 0) is 18.6 Å². The molecule has 0 aliphatic rings. The van der Waals surface area contributed by atoms with Crippen LogP contribution in [0.3, 0.4) is 0 Å². The lowest BCUT2D eigenvalue weighted by molar-refractivity contribution is 0.669. The molecule has 0 aliphatic heterocycles. The average molecular weight is 210 g/mol. The summed E-state index contributed by atoms with van der Waals surface area (Å²) in [6, 6.07) is 5.89. The van der Waals surface area contributed by atoms with Gasteiger partial charge in [-0.2, -0.15) is 5.10 Å². The van der Waals surface area contributed by atoms with Crippen LogP contribution in [-0.2, 0) is 13.1 Å². The number of nitrogens with zero attached hydrogens (tertiary/aromatic N) is 2. The van der Waals surface area contributed by atoms with Crippen molar-refractivity contribution < 1.29 is 0 Å². The smallest absolute Gasteiger partial charge is 0.135 e. The Hall–Kier alpha value is -1.06. The first-order valence-corrected chi connectivity index (χ1v) is 4.99. The van der Waals surface area contributed by atoms with Crippen molar-refractivity contribution in [1.29, 1.82) is 0 Å². The van der Waals surface area contributed by atoms with Crippen molar-refractivity contribution in [2.24, 2.45) is 5.73 Å². The monoisotopic (exact) mass is 209 g/mol. The van der Waals surface area contributed by atoms with Crippen LogP contribution >= 0.6 is 11.6 Å². The molecule has 1 aromatic heterocycles. The van der Waals surface area contributed by atoms with E-state index in [0.29, 0.717) is 11.7 Å². The zero-order valence-corrected chi connectivity index (χ0v) is 8.75. The molecule has 0 fully saturated rings. The Kier molecular flexibility index (Phi) is 2.44. The Morgan fingerprint density at radius 2 is 2.29 bits per heavy atom.